The molecular formula is C14H16N2O3S2. The summed E-state index contributed by atoms with van der Waals surface area (Å²) in [6.45, 7) is 2.20. The minimum Gasteiger partial charge on any atom is -0.266 e. The topological polar surface area (TPSA) is 65.8 Å². The molecule has 0 bridgehead atoms. The van der Waals surface area contributed by atoms with E-state index < -0.39 is 0 Å². The second kappa shape index (κ2) is 6.43. The van der Waals surface area contributed by atoms with Crippen molar-refractivity contribution in [3.05, 3.63) is 45.4 Å². The van der Waals surface area contributed by atoms with Crippen molar-refractivity contribution in [2.75, 3.05) is 6.61 Å². The quantitative estimate of drug-likeness (QED) is 0.822. The number of aryl methyl sites for hydroxylation is 1. The number of nitrogens with zero attached hydrogens (tertiary/aromatic N) is 2. The fraction of sp³-hybridized carbons (Fsp3) is 0.357. The Morgan fingerprint density at radius 1 is 1.38 bits per heavy atom. The molecule has 0 aliphatic carbocycles. The molecule has 112 valence electrons. The van der Waals surface area contributed by atoms with Gasteiger partial charge in [-0.15, -0.1) is 23.1 Å². The molecule has 3 rings (SSSR count). The molecule has 1 aliphatic heterocycles. The van der Waals surface area contributed by atoms with E-state index in [1.807, 2.05) is 18.7 Å². The predicted octanol–water partition coefficient (Wildman–Crippen LogP) is 3.40. The Balaban J connectivity index is 1.68. The lowest BCUT2D eigenvalue weighted by Crippen LogP contribution is -2.16. The van der Waals surface area contributed by atoms with Crippen molar-refractivity contribution in [1.29, 1.82) is 0 Å². The third kappa shape index (κ3) is 3.45. The summed E-state index contributed by atoms with van der Waals surface area (Å²) in [4.78, 5) is 11.8. The monoisotopic (exact) mass is 324 g/mol. The van der Waals surface area contributed by atoms with Crippen LogP contribution in [0.2, 0.25) is 0 Å². The van der Waals surface area contributed by atoms with Crippen LogP contribution in [0.25, 0.3) is 0 Å². The van der Waals surface area contributed by atoms with Gasteiger partial charge in [-0.3, -0.25) is 15.3 Å². The van der Waals surface area contributed by atoms with Crippen molar-refractivity contribution in [3.8, 4) is 0 Å². The van der Waals surface area contributed by atoms with Crippen molar-refractivity contribution in [3.63, 3.8) is 0 Å². The third-order valence-corrected chi connectivity index (χ3v) is 6.17. The molecule has 1 aliphatic rings. The Bertz CT molecular complexity index is 605. The molecule has 2 aromatic rings. The van der Waals surface area contributed by atoms with E-state index in [-0.39, 0.29) is 12.0 Å². The highest BCUT2D eigenvalue weighted by atomic mass is 32.2. The number of thioether (sulfide) groups is 1. The first-order valence-corrected chi connectivity index (χ1v) is 8.34. The fourth-order valence-electron chi connectivity index (χ4n) is 2.36. The van der Waals surface area contributed by atoms with Crippen LogP contribution in [0.3, 0.4) is 0 Å². The van der Waals surface area contributed by atoms with E-state index >= 15 is 0 Å². The van der Waals surface area contributed by atoms with Crippen LogP contribution in [0.15, 0.2) is 29.2 Å². The van der Waals surface area contributed by atoms with E-state index in [4.69, 9.17) is 10.4 Å². The highest BCUT2D eigenvalue weighted by Crippen LogP contribution is 2.47. The Kier molecular flexibility index (Phi) is 4.58. The van der Waals surface area contributed by atoms with E-state index in [0.29, 0.717) is 11.7 Å². The highest BCUT2D eigenvalue weighted by molar-refractivity contribution is 8.00. The van der Waals surface area contributed by atoms with Gasteiger partial charge in [0.2, 0.25) is 0 Å². The number of benzene rings is 1. The number of hydrogen-bond acceptors (Lipinski definition) is 7. The van der Waals surface area contributed by atoms with Gasteiger partial charge in [0.05, 0.1) is 22.9 Å². The molecule has 2 heterocycles. The third-order valence-electron chi connectivity index (χ3n) is 3.37. The van der Waals surface area contributed by atoms with Gasteiger partial charge in [0.25, 0.3) is 0 Å². The van der Waals surface area contributed by atoms with Gasteiger partial charge in [-0.05, 0) is 25.0 Å². The number of rotatable bonds is 5. The number of thiazole rings is 1. The molecule has 21 heavy (non-hydrogen) atoms. The maximum absolute atomic E-state index is 8.53. The molecular weight excluding hydrogens is 308 g/mol. The van der Waals surface area contributed by atoms with Crippen LogP contribution >= 0.6 is 23.1 Å². The lowest BCUT2D eigenvalue weighted by molar-refractivity contribution is -0.492. The van der Waals surface area contributed by atoms with Crippen LogP contribution in [0.5, 0.6) is 0 Å². The molecule has 1 unspecified atom stereocenters. The first kappa shape index (κ1) is 15.0. The van der Waals surface area contributed by atoms with E-state index in [9.17, 15) is 0 Å². The Labute approximate surface area is 131 Å². The fourth-order valence-corrected chi connectivity index (χ4v) is 4.86. The van der Waals surface area contributed by atoms with Crippen LogP contribution in [-0.4, -0.2) is 27.4 Å². The maximum Gasteiger partial charge on any atom is 0.107 e. The largest absolute Gasteiger partial charge is 0.266 e. The van der Waals surface area contributed by atoms with Gasteiger partial charge in [-0.2, -0.15) is 0 Å². The standard InChI is InChI=1S/C14H16N2O3S2/c1-9-11(6-7-19-16(17)18)21-14(15-9)13-8-10-4-2-3-5-12(10)20-13/h2-5,13,17-18H,6-8H2,1H3. The average Bonchev–Trinajstić information content (AvgIpc) is 3.02. The summed E-state index contributed by atoms with van der Waals surface area (Å²) in [5.41, 5.74) is 2.39. The first-order chi connectivity index (χ1) is 10.1. The predicted molar refractivity (Wildman–Crippen MR) is 80.7 cm³/mol. The lowest BCUT2D eigenvalue weighted by atomic mass is 10.1. The minimum absolute atomic E-state index is 0.216. The molecule has 0 amide bonds. The van der Waals surface area contributed by atoms with Crippen LogP contribution in [0, 0.1) is 6.92 Å². The minimum atomic E-state index is -0.249. The van der Waals surface area contributed by atoms with Crippen LogP contribution in [0.4, 0.5) is 0 Å². The van der Waals surface area contributed by atoms with Crippen molar-refractivity contribution >= 4 is 23.1 Å². The summed E-state index contributed by atoms with van der Waals surface area (Å²) >= 11 is 3.55. The highest BCUT2D eigenvalue weighted by Gasteiger charge is 2.26. The summed E-state index contributed by atoms with van der Waals surface area (Å²) in [5.74, 6) is 0. The summed E-state index contributed by atoms with van der Waals surface area (Å²) in [5, 5.41) is 18.3. The molecule has 7 heteroatoms. The second-order valence-corrected chi connectivity index (χ2v) is 7.17. The van der Waals surface area contributed by atoms with Crippen LogP contribution in [-0.2, 0) is 17.7 Å². The second-order valence-electron chi connectivity index (χ2n) is 4.81. The zero-order valence-electron chi connectivity index (χ0n) is 11.5. The number of fused-ring (bicyclic) bond motifs is 1. The summed E-state index contributed by atoms with van der Waals surface area (Å²) in [6.07, 6.45) is 1.64. The molecule has 2 N–H and O–H groups in total. The van der Waals surface area contributed by atoms with E-state index in [1.165, 1.54) is 10.5 Å². The molecule has 1 atom stereocenters. The molecule has 1 aromatic heterocycles. The van der Waals surface area contributed by atoms with Crippen molar-refractivity contribution in [2.24, 2.45) is 0 Å². The Hall–Kier alpha value is -0.960. The zero-order valence-corrected chi connectivity index (χ0v) is 13.2. The van der Waals surface area contributed by atoms with Gasteiger partial charge < -0.3 is 0 Å². The van der Waals surface area contributed by atoms with Crippen LogP contribution in [0.1, 0.15) is 26.4 Å². The zero-order chi connectivity index (χ0) is 14.8. The summed E-state index contributed by atoms with van der Waals surface area (Å²) < 4.78 is 0. The molecule has 0 fully saturated rings. The van der Waals surface area contributed by atoms with Crippen molar-refractivity contribution in [1.82, 2.24) is 10.4 Å². The average molecular weight is 324 g/mol. The summed E-state index contributed by atoms with van der Waals surface area (Å²) in [7, 11) is 0. The molecule has 0 saturated heterocycles. The molecule has 1 aromatic carbocycles. The van der Waals surface area contributed by atoms with Crippen molar-refractivity contribution < 1.29 is 15.3 Å². The van der Waals surface area contributed by atoms with Crippen LogP contribution < -0.4 is 0 Å². The van der Waals surface area contributed by atoms with Gasteiger partial charge in [-0.25, -0.2) is 4.98 Å². The smallest absolute Gasteiger partial charge is 0.107 e. The molecule has 0 radical (unpaired) electrons. The SMILES string of the molecule is Cc1nc(C2Cc3ccccc3S2)sc1CCON(O)O. The molecule has 0 saturated carbocycles. The molecule has 5 nitrogen and oxygen atoms in total. The number of hydrogen-bond donors (Lipinski definition) is 2. The van der Waals surface area contributed by atoms with Gasteiger partial charge in [-0.1, -0.05) is 18.2 Å². The first-order valence-electron chi connectivity index (χ1n) is 6.65. The Morgan fingerprint density at radius 2 is 2.19 bits per heavy atom. The maximum atomic E-state index is 8.53. The van der Waals surface area contributed by atoms with Gasteiger partial charge >= 0.3 is 0 Å². The summed E-state index contributed by atoms with van der Waals surface area (Å²) in [6, 6.07) is 8.48. The Morgan fingerprint density at radius 3 is 2.95 bits per heavy atom. The van der Waals surface area contributed by atoms with E-state index in [2.05, 4.69) is 34.1 Å². The van der Waals surface area contributed by atoms with Crippen molar-refractivity contribution in [2.45, 2.75) is 29.9 Å². The van der Waals surface area contributed by atoms with Gasteiger partial charge in [0.15, 0.2) is 0 Å². The van der Waals surface area contributed by atoms with E-state index in [1.54, 1.807) is 11.3 Å². The van der Waals surface area contributed by atoms with E-state index in [0.717, 1.165) is 22.0 Å². The van der Waals surface area contributed by atoms with Gasteiger partial charge in [0.1, 0.15) is 5.01 Å². The number of aromatic nitrogens is 1. The normalized spacial score (nSPS) is 17.4. The lowest BCUT2D eigenvalue weighted by Gasteiger charge is -2.05. The van der Waals surface area contributed by atoms with Gasteiger partial charge in [0, 0.05) is 16.2 Å². The molecule has 0 spiro atoms.